The van der Waals surface area contributed by atoms with Crippen molar-refractivity contribution in [1.29, 1.82) is 0 Å². The van der Waals surface area contributed by atoms with Crippen molar-refractivity contribution in [3.63, 3.8) is 0 Å². The number of aryl methyl sites for hydroxylation is 1. The molecule has 0 spiro atoms. The smallest absolute Gasteiger partial charge is 0.358 e. The minimum atomic E-state index is -0.523. The predicted molar refractivity (Wildman–Crippen MR) is 116 cm³/mol. The van der Waals surface area contributed by atoms with Gasteiger partial charge in [-0.2, -0.15) is 0 Å². The number of urea groups is 1. The quantitative estimate of drug-likeness (QED) is 0.744. The zero-order valence-electron chi connectivity index (χ0n) is 17.6. The van der Waals surface area contributed by atoms with Crippen LogP contribution >= 0.6 is 11.6 Å². The van der Waals surface area contributed by atoms with Gasteiger partial charge in [0.25, 0.3) is 0 Å². The minimum absolute atomic E-state index is 0.0237. The fraction of sp³-hybridized carbons (Fsp3) is 0.429. The number of halogens is 1. The molecule has 2 aromatic rings. The third-order valence-electron chi connectivity index (χ3n) is 5.17. The molecule has 1 N–H and O–H groups in total. The number of benzene rings is 1. The summed E-state index contributed by atoms with van der Waals surface area (Å²) in [4.78, 5) is 37.0. The maximum absolute atomic E-state index is 13.0. The molecular weight excluding hydrogens is 406 g/mol. The molecular formula is C21H26ClN5O3. The Morgan fingerprint density at radius 1 is 1.23 bits per heavy atom. The molecule has 1 fully saturated rings. The maximum atomic E-state index is 13.0. The van der Waals surface area contributed by atoms with Crippen molar-refractivity contribution in [3.05, 3.63) is 46.9 Å². The molecule has 0 aliphatic carbocycles. The molecule has 3 rings (SSSR count). The topological polar surface area (TPSA) is 87.7 Å². The Hall–Kier alpha value is -2.87. The zero-order chi connectivity index (χ0) is 21.8. The monoisotopic (exact) mass is 431 g/mol. The van der Waals surface area contributed by atoms with Gasteiger partial charge in [-0.05, 0) is 30.5 Å². The van der Waals surface area contributed by atoms with Crippen molar-refractivity contribution < 1.29 is 14.3 Å². The van der Waals surface area contributed by atoms with E-state index in [1.165, 1.54) is 13.3 Å². The van der Waals surface area contributed by atoms with Gasteiger partial charge in [-0.1, -0.05) is 31.5 Å². The molecule has 1 aromatic carbocycles. The molecule has 1 atom stereocenters. The molecule has 160 valence electrons. The van der Waals surface area contributed by atoms with E-state index < -0.39 is 5.97 Å². The molecule has 30 heavy (non-hydrogen) atoms. The van der Waals surface area contributed by atoms with Gasteiger partial charge in [0.1, 0.15) is 5.82 Å². The van der Waals surface area contributed by atoms with Gasteiger partial charge in [-0.3, -0.25) is 0 Å². The molecule has 1 aliphatic heterocycles. The molecule has 8 nitrogen and oxygen atoms in total. The van der Waals surface area contributed by atoms with Crippen LogP contribution in [0.3, 0.4) is 0 Å². The van der Waals surface area contributed by atoms with E-state index in [2.05, 4.69) is 38.8 Å². The number of piperazine rings is 1. The number of hydrogen-bond donors (Lipinski definition) is 1. The van der Waals surface area contributed by atoms with Gasteiger partial charge in [-0.25, -0.2) is 19.6 Å². The Bertz CT molecular complexity index is 919. The number of nitrogens with one attached hydrogen (secondary N) is 1. The van der Waals surface area contributed by atoms with Crippen LogP contribution in [-0.2, 0) is 4.74 Å². The van der Waals surface area contributed by atoms with Gasteiger partial charge in [-0.15, -0.1) is 0 Å². The van der Waals surface area contributed by atoms with Crippen molar-refractivity contribution in [2.24, 2.45) is 5.92 Å². The average molecular weight is 432 g/mol. The minimum Gasteiger partial charge on any atom is -0.464 e. The van der Waals surface area contributed by atoms with E-state index in [-0.39, 0.29) is 23.7 Å². The summed E-state index contributed by atoms with van der Waals surface area (Å²) in [6.07, 6.45) is 2.97. The van der Waals surface area contributed by atoms with Gasteiger partial charge in [0.15, 0.2) is 5.69 Å². The van der Waals surface area contributed by atoms with Crippen LogP contribution in [0, 0.1) is 12.8 Å². The molecule has 1 unspecified atom stereocenters. The summed E-state index contributed by atoms with van der Waals surface area (Å²) in [5, 5.41) is 3.45. The number of carbonyl (C=O) groups is 2. The normalized spacial score (nSPS) is 16.5. The Labute approximate surface area is 181 Å². The fourth-order valence-corrected chi connectivity index (χ4v) is 3.62. The van der Waals surface area contributed by atoms with E-state index in [9.17, 15) is 9.59 Å². The number of hydrogen-bond acceptors (Lipinski definition) is 6. The van der Waals surface area contributed by atoms with Crippen LogP contribution in [-0.4, -0.2) is 59.7 Å². The van der Waals surface area contributed by atoms with Crippen molar-refractivity contribution in [1.82, 2.24) is 14.9 Å². The average Bonchev–Trinajstić information content (AvgIpc) is 2.75. The fourth-order valence-electron chi connectivity index (χ4n) is 3.46. The van der Waals surface area contributed by atoms with Crippen LogP contribution in [0.5, 0.6) is 0 Å². The number of esters is 1. The first-order valence-corrected chi connectivity index (χ1v) is 10.2. The summed E-state index contributed by atoms with van der Waals surface area (Å²) in [5.74, 6) is 0.370. The number of amides is 2. The lowest BCUT2D eigenvalue weighted by molar-refractivity contribution is 0.0593. The van der Waals surface area contributed by atoms with Crippen LogP contribution in [0.25, 0.3) is 0 Å². The van der Waals surface area contributed by atoms with E-state index in [0.29, 0.717) is 36.2 Å². The highest BCUT2D eigenvalue weighted by atomic mass is 35.5. The highest BCUT2D eigenvalue weighted by Gasteiger charge is 2.33. The first-order valence-electron chi connectivity index (χ1n) is 9.79. The van der Waals surface area contributed by atoms with Gasteiger partial charge < -0.3 is 19.9 Å². The van der Waals surface area contributed by atoms with Crippen LogP contribution in [0.15, 0.2) is 30.6 Å². The van der Waals surface area contributed by atoms with Crippen molar-refractivity contribution in [3.8, 4) is 0 Å². The first-order chi connectivity index (χ1) is 14.3. The second-order valence-electron chi connectivity index (χ2n) is 7.62. The molecule has 0 bridgehead atoms. The van der Waals surface area contributed by atoms with E-state index >= 15 is 0 Å². The van der Waals surface area contributed by atoms with Crippen molar-refractivity contribution >= 4 is 35.1 Å². The second-order valence-corrected chi connectivity index (χ2v) is 8.02. The largest absolute Gasteiger partial charge is 0.464 e. The first kappa shape index (κ1) is 21.8. The number of anilines is 2. The predicted octanol–water partition coefficient (Wildman–Crippen LogP) is 3.60. The number of carbonyl (C=O) groups excluding carboxylic acids is 2. The number of ether oxygens (including phenoxy) is 1. The standard InChI is InChI=1S/C21H26ClN5O3/c1-13(2)18-12-26(19-11-23-17(10-24-19)20(28)30-4)7-8-27(18)21(29)25-16-9-14(3)5-6-15(16)22/h5-6,9-11,13,18H,7-8,12H2,1-4H3,(H,25,29). The molecule has 0 saturated carbocycles. The van der Waals surface area contributed by atoms with Crippen LogP contribution < -0.4 is 10.2 Å². The zero-order valence-corrected chi connectivity index (χ0v) is 18.3. The lowest BCUT2D eigenvalue weighted by atomic mass is 10.00. The van der Waals surface area contributed by atoms with E-state index in [0.717, 1.165) is 5.56 Å². The van der Waals surface area contributed by atoms with Crippen LogP contribution in [0.2, 0.25) is 5.02 Å². The Kier molecular flexibility index (Phi) is 6.77. The highest BCUT2D eigenvalue weighted by molar-refractivity contribution is 6.33. The molecule has 2 amide bonds. The molecule has 1 aromatic heterocycles. The second kappa shape index (κ2) is 9.30. The third kappa shape index (κ3) is 4.81. The van der Waals surface area contributed by atoms with E-state index in [1.807, 2.05) is 24.0 Å². The van der Waals surface area contributed by atoms with Gasteiger partial charge in [0.2, 0.25) is 0 Å². The maximum Gasteiger partial charge on any atom is 0.358 e. The van der Waals surface area contributed by atoms with Gasteiger partial charge >= 0.3 is 12.0 Å². The SMILES string of the molecule is COC(=O)c1cnc(N2CCN(C(=O)Nc3cc(C)ccc3Cl)C(C(C)C)C2)cn1. The lowest BCUT2D eigenvalue weighted by Gasteiger charge is -2.43. The van der Waals surface area contributed by atoms with Gasteiger partial charge in [0, 0.05) is 19.6 Å². The number of rotatable bonds is 4. The molecule has 2 heterocycles. The van der Waals surface area contributed by atoms with E-state index in [1.54, 1.807) is 12.3 Å². The van der Waals surface area contributed by atoms with Crippen LogP contribution in [0.1, 0.15) is 29.9 Å². The number of nitrogens with zero attached hydrogens (tertiary/aromatic N) is 4. The van der Waals surface area contributed by atoms with Crippen molar-refractivity contribution in [2.45, 2.75) is 26.8 Å². The summed E-state index contributed by atoms with van der Waals surface area (Å²) in [6.45, 7) is 7.86. The van der Waals surface area contributed by atoms with Crippen molar-refractivity contribution in [2.75, 3.05) is 37.0 Å². The summed E-state index contributed by atoms with van der Waals surface area (Å²) in [6, 6.07) is 5.35. The van der Waals surface area contributed by atoms with Gasteiger partial charge in [0.05, 0.1) is 36.3 Å². The summed E-state index contributed by atoms with van der Waals surface area (Å²) in [5.41, 5.74) is 1.79. The Balaban J connectivity index is 1.73. The summed E-state index contributed by atoms with van der Waals surface area (Å²) < 4.78 is 4.66. The Morgan fingerprint density at radius 3 is 2.63 bits per heavy atom. The molecule has 1 aliphatic rings. The molecule has 9 heteroatoms. The molecule has 1 saturated heterocycles. The summed E-state index contributed by atoms with van der Waals surface area (Å²) >= 11 is 6.24. The summed E-state index contributed by atoms with van der Waals surface area (Å²) in [7, 11) is 1.30. The molecule has 0 radical (unpaired) electrons. The lowest BCUT2D eigenvalue weighted by Crippen LogP contribution is -2.58. The number of aromatic nitrogens is 2. The van der Waals surface area contributed by atoms with E-state index in [4.69, 9.17) is 11.6 Å². The highest BCUT2D eigenvalue weighted by Crippen LogP contribution is 2.26. The van der Waals surface area contributed by atoms with Crippen LogP contribution in [0.4, 0.5) is 16.3 Å². The Morgan fingerprint density at radius 2 is 2.00 bits per heavy atom. The number of methoxy groups -OCH3 is 1. The third-order valence-corrected chi connectivity index (χ3v) is 5.50.